The fourth-order valence-corrected chi connectivity index (χ4v) is 1.95. The number of amides is 2. The van der Waals surface area contributed by atoms with Crippen LogP contribution in [-0.2, 0) is 9.59 Å². The number of benzene rings is 1. The Morgan fingerprint density at radius 1 is 1.20 bits per heavy atom. The Morgan fingerprint density at radius 3 is 2.50 bits per heavy atom. The Bertz CT molecular complexity index is 498. The van der Waals surface area contributed by atoms with Gasteiger partial charge in [0.15, 0.2) is 0 Å². The Balaban J connectivity index is 1.75. The van der Waals surface area contributed by atoms with Crippen LogP contribution in [0.3, 0.4) is 0 Å². The van der Waals surface area contributed by atoms with Gasteiger partial charge in [-0.3, -0.25) is 14.5 Å². The average Bonchev–Trinajstić information content (AvgIpc) is 3.15. The molecule has 2 amide bonds. The van der Waals surface area contributed by atoms with Gasteiger partial charge in [-0.2, -0.15) is 0 Å². The van der Waals surface area contributed by atoms with Gasteiger partial charge >= 0.3 is 0 Å². The van der Waals surface area contributed by atoms with E-state index in [4.69, 9.17) is 0 Å². The van der Waals surface area contributed by atoms with Gasteiger partial charge in [0, 0.05) is 11.7 Å². The standard InChI is InChI=1S/C15H21N3O2/c1-11-5-3-4-6-13(11)17-15(20)10-18(2)9-14(19)16-12-7-8-12/h3-6,12H,7-10H2,1-2H3,(H,16,19)(H,17,20). The number of hydrogen-bond donors (Lipinski definition) is 2. The molecule has 1 aromatic rings. The molecule has 0 radical (unpaired) electrons. The van der Waals surface area contributed by atoms with Gasteiger partial charge in [-0.15, -0.1) is 0 Å². The molecule has 1 saturated carbocycles. The van der Waals surface area contributed by atoms with Gasteiger partial charge in [0.25, 0.3) is 0 Å². The summed E-state index contributed by atoms with van der Waals surface area (Å²) < 4.78 is 0. The Kier molecular flexibility index (Phi) is 4.74. The molecule has 1 aliphatic rings. The maximum absolute atomic E-state index is 11.9. The lowest BCUT2D eigenvalue weighted by Crippen LogP contribution is -2.39. The number of rotatable bonds is 6. The number of hydrogen-bond acceptors (Lipinski definition) is 3. The van der Waals surface area contributed by atoms with E-state index in [-0.39, 0.29) is 24.9 Å². The van der Waals surface area contributed by atoms with Crippen molar-refractivity contribution in [3.63, 3.8) is 0 Å². The second-order valence-corrected chi connectivity index (χ2v) is 5.38. The average molecular weight is 275 g/mol. The van der Waals surface area contributed by atoms with Gasteiger partial charge in [0.1, 0.15) is 0 Å². The second kappa shape index (κ2) is 6.52. The summed E-state index contributed by atoms with van der Waals surface area (Å²) in [6, 6.07) is 7.99. The van der Waals surface area contributed by atoms with Gasteiger partial charge in [-0.1, -0.05) is 18.2 Å². The molecule has 5 heteroatoms. The summed E-state index contributed by atoms with van der Waals surface area (Å²) >= 11 is 0. The van der Waals surface area contributed by atoms with Crippen LogP contribution in [0, 0.1) is 6.92 Å². The van der Waals surface area contributed by atoms with Gasteiger partial charge in [0.2, 0.25) is 11.8 Å². The highest BCUT2D eigenvalue weighted by Crippen LogP contribution is 2.18. The molecular weight excluding hydrogens is 254 g/mol. The van der Waals surface area contributed by atoms with E-state index < -0.39 is 0 Å². The number of anilines is 1. The summed E-state index contributed by atoms with van der Waals surface area (Å²) in [6.45, 7) is 2.40. The number of carbonyl (C=O) groups excluding carboxylic acids is 2. The molecule has 2 N–H and O–H groups in total. The molecule has 1 aliphatic carbocycles. The van der Waals surface area contributed by atoms with Crippen molar-refractivity contribution >= 4 is 17.5 Å². The number of nitrogens with zero attached hydrogens (tertiary/aromatic N) is 1. The molecule has 5 nitrogen and oxygen atoms in total. The predicted molar refractivity (Wildman–Crippen MR) is 78.5 cm³/mol. The predicted octanol–water partition coefficient (Wildman–Crippen LogP) is 1.14. The summed E-state index contributed by atoms with van der Waals surface area (Å²) in [5, 5.41) is 5.76. The normalized spacial score (nSPS) is 14.2. The minimum absolute atomic E-state index is 0.0151. The Morgan fingerprint density at radius 2 is 1.85 bits per heavy atom. The molecule has 0 aromatic heterocycles. The maximum atomic E-state index is 11.9. The number of likely N-dealkylation sites (N-methyl/N-ethyl adjacent to an activating group) is 1. The van der Waals surface area contributed by atoms with E-state index in [9.17, 15) is 9.59 Å². The molecule has 108 valence electrons. The SMILES string of the molecule is Cc1ccccc1NC(=O)CN(C)CC(=O)NC1CC1. The lowest BCUT2D eigenvalue weighted by atomic mass is 10.2. The van der Waals surface area contributed by atoms with Crippen molar-refractivity contribution in [2.75, 3.05) is 25.5 Å². The van der Waals surface area contributed by atoms with E-state index in [1.54, 1.807) is 11.9 Å². The van der Waals surface area contributed by atoms with E-state index in [2.05, 4.69) is 10.6 Å². The van der Waals surface area contributed by atoms with Crippen LogP contribution in [0.4, 0.5) is 5.69 Å². The topological polar surface area (TPSA) is 61.4 Å². The first-order valence-electron chi connectivity index (χ1n) is 6.88. The fourth-order valence-electron chi connectivity index (χ4n) is 1.95. The molecule has 0 atom stereocenters. The lowest BCUT2D eigenvalue weighted by molar-refractivity contribution is -0.123. The number of nitrogens with one attached hydrogen (secondary N) is 2. The lowest BCUT2D eigenvalue weighted by Gasteiger charge is -2.16. The zero-order chi connectivity index (χ0) is 14.5. The molecule has 1 fully saturated rings. The van der Waals surface area contributed by atoms with Gasteiger partial charge < -0.3 is 10.6 Å². The largest absolute Gasteiger partial charge is 0.352 e. The van der Waals surface area contributed by atoms with Crippen molar-refractivity contribution in [1.82, 2.24) is 10.2 Å². The first kappa shape index (κ1) is 14.5. The fraction of sp³-hybridized carbons (Fsp3) is 0.467. The highest BCUT2D eigenvalue weighted by atomic mass is 16.2. The van der Waals surface area contributed by atoms with Crippen LogP contribution in [0.25, 0.3) is 0 Å². The molecule has 0 aliphatic heterocycles. The molecular formula is C15H21N3O2. The first-order valence-corrected chi connectivity index (χ1v) is 6.88. The minimum atomic E-state index is -0.110. The summed E-state index contributed by atoms with van der Waals surface area (Å²) in [7, 11) is 1.77. The van der Waals surface area contributed by atoms with Crippen molar-refractivity contribution in [2.24, 2.45) is 0 Å². The molecule has 0 bridgehead atoms. The molecule has 20 heavy (non-hydrogen) atoms. The summed E-state index contributed by atoms with van der Waals surface area (Å²) in [5.41, 5.74) is 1.84. The van der Waals surface area contributed by atoms with E-state index in [1.807, 2.05) is 31.2 Å². The monoisotopic (exact) mass is 275 g/mol. The number of aryl methyl sites for hydroxylation is 1. The Labute approximate surface area is 119 Å². The zero-order valence-electron chi connectivity index (χ0n) is 12.0. The van der Waals surface area contributed by atoms with Crippen LogP contribution in [0.1, 0.15) is 18.4 Å². The van der Waals surface area contributed by atoms with Crippen LogP contribution in [0.5, 0.6) is 0 Å². The molecule has 2 rings (SSSR count). The van der Waals surface area contributed by atoms with Crippen LogP contribution >= 0.6 is 0 Å². The van der Waals surface area contributed by atoms with Crippen LogP contribution in [-0.4, -0.2) is 42.9 Å². The number of carbonyl (C=O) groups is 2. The minimum Gasteiger partial charge on any atom is -0.352 e. The Hall–Kier alpha value is -1.88. The van der Waals surface area contributed by atoms with Crippen LogP contribution < -0.4 is 10.6 Å². The molecule has 0 heterocycles. The van der Waals surface area contributed by atoms with E-state index in [1.165, 1.54) is 0 Å². The van der Waals surface area contributed by atoms with Gasteiger partial charge in [-0.05, 0) is 38.4 Å². The highest BCUT2D eigenvalue weighted by Gasteiger charge is 2.23. The van der Waals surface area contributed by atoms with Crippen LogP contribution in [0.2, 0.25) is 0 Å². The van der Waals surface area contributed by atoms with Crippen molar-refractivity contribution in [1.29, 1.82) is 0 Å². The van der Waals surface area contributed by atoms with Crippen molar-refractivity contribution in [3.8, 4) is 0 Å². The maximum Gasteiger partial charge on any atom is 0.238 e. The van der Waals surface area contributed by atoms with E-state index >= 15 is 0 Å². The number of para-hydroxylation sites is 1. The molecule has 0 saturated heterocycles. The third kappa shape index (κ3) is 4.66. The third-order valence-electron chi connectivity index (χ3n) is 3.19. The van der Waals surface area contributed by atoms with Crippen molar-refractivity contribution in [3.05, 3.63) is 29.8 Å². The summed E-state index contributed by atoms with van der Waals surface area (Å²) in [6.07, 6.45) is 2.15. The summed E-state index contributed by atoms with van der Waals surface area (Å²) in [5.74, 6) is -0.125. The quantitative estimate of drug-likeness (QED) is 0.818. The molecule has 0 unspecified atom stereocenters. The highest BCUT2D eigenvalue weighted by molar-refractivity contribution is 5.93. The molecule has 1 aromatic carbocycles. The smallest absolute Gasteiger partial charge is 0.238 e. The van der Waals surface area contributed by atoms with Crippen molar-refractivity contribution in [2.45, 2.75) is 25.8 Å². The molecule has 0 spiro atoms. The van der Waals surface area contributed by atoms with Gasteiger partial charge in [-0.25, -0.2) is 0 Å². The zero-order valence-corrected chi connectivity index (χ0v) is 12.0. The second-order valence-electron chi connectivity index (χ2n) is 5.38. The van der Waals surface area contributed by atoms with Crippen molar-refractivity contribution < 1.29 is 9.59 Å². The van der Waals surface area contributed by atoms with E-state index in [0.717, 1.165) is 24.1 Å². The van der Waals surface area contributed by atoms with Crippen LogP contribution in [0.15, 0.2) is 24.3 Å². The summed E-state index contributed by atoms with van der Waals surface area (Å²) in [4.78, 5) is 25.2. The van der Waals surface area contributed by atoms with Gasteiger partial charge in [0.05, 0.1) is 13.1 Å². The first-order chi connectivity index (χ1) is 9.54. The van der Waals surface area contributed by atoms with E-state index in [0.29, 0.717) is 6.04 Å². The third-order valence-corrected chi connectivity index (χ3v) is 3.19.